The van der Waals surface area contributed by atoms with Crippen molar-refractivity contribution in [2.24, 2.45) is 0 Å². The van der Waals surface area contributed by atoms with E-state index in [0.29, 0.717) is 16.1 Å². The van der Waals surface area contributed by atoms with Crippen molar-refractivity contribution < 1.29 is 9.18 Å². The van der Waals surface area contributed by atoms with Gasteiger partial charge in [-0.1, -0.05) is 18.2 Å². The average Bonchev–Trinajstić information content (AvgIpc) is 2.85. The van der Waals surface area contributed by atoms with Gasteiger partial charge >= 0.3 is 0 Å². The molecule has 3 nitrogen and oxygen atoms in total. The van der Waals surface area contributed by atoms with Gasteiger partial charge in [0, 0.05) is 11.6 Å². The molecule has 0 aliphatic heterocycles. The Morgan fingerprint density at radius 3 is 2.89 bits per heavy atom. The lowest BCUT2D eigenvalue weighted by atomic mass is 10.2. The third-order valence-corrected chi connectivity index (χ3v) is 3.17. The molecule has 1 heterocycles. The summed E-state index contributed by atoms with van der Waals surface area (Å²) in [6, 6.07) is 9.77. The van der Waals surface area contributed by atoms with Crippen LogP contribution in [-0.4, -0.2) is 5.91 Å². The van der Waals surface area contributed by atoms with Gasteiger partial charge in [-0.3, -0.25) is 4.79 Å². The Kier molecular flexibility index (Phi) is 4.06. The van der Waals surface area contributed by atoms with Crippen LogP contribution < -0.4 is 5.32 Å². The van der Waals surface area contributed by atoms with Crippen LogP contribution in [0, 0.1) is 17.1 Å². The van der Waals surface area contributed by atoms with Gasteiger partial charge in [-0.25, -0.2) is 4.39 Å². The van der Waals surface area contributed by atoms with Crippen LogP contribution in [0.2, 0.25) is 0 Å². The number of benzene rings is 1. The van der Waals surface area contributed by atoms with Gasteiger partial charge in [-0.15, -0.1) is 11.3 Å². The summed E-state index contributed by atoms with van der Waals surface area (Å²) >= 11 is 1.26. The van der Waals surface area contributed by atoms with Gasteiger partial charge < -0.3 is 5.32 Å². The fourth-order valence-electron chi connectivity index (χ4n) is 1.42. The molecule has 19 heavy (non-hydrogen) atoms. The van der Waals surface area contributed by atoms with Crippen LogP contribution in [-0.2, 0) is 4.79 Å². The Morgan fingerprint density at radius 1 is 1.37 bits per heavy atom. The number of hydrogen-bond acceptors (Lipinski definition) is 3. The molecular formula is C14H9FN2OS. The SMILES string of the molecule is N#Cc1ccsc1NC(=O)/C=C/c1ccccc1F. The standard InChI is InChI=1S/C14H9FN2OS/c15-12-4-2-1-3-10(12)5-6-13(18)17-14-11(9-16)7-8-19-14/h1-8H,(H,17,18)/b6-5+. The molecular weight excluding hydrogens is 263 g/mol. The van der Waals surface area contributed by atoms with E-state index in [2.05, 4.69) is 5.32 Å². The first-order valence-electron chi connectivity index (χ1n) is 5.42. The highest BCUT2D eigenvalue weighted by Crippen LogP contribution is 2.22. The third-order valence-electron chi connectivity index (χ3n) is 2.34. The number of halogens is 1. The number of nitrogens with zero attached hydrogens (tertiary/aromatic N) is 1. The zero-order chi connectivity index (χ0) is 13.7. The van der Waals surface area contributed by atoms with Gasteiger partial charge in [0.15, 0.2) is 0 Å². The monoisotopic (exact) mass is 272 g/mol. The highest BCUT2D eigenvalue weighted by molar-refractivity contribution is 7.14. The molecule has 94 valence electrons. The molecule has 0 atom stereocenters. The molecule has 2 rings (SSSR count). The van der Waals surface area contributed by atoms with Crippen LogP contribution in [0.15, 0.2) is 41.8 Å². The Balaban J connectivity index is 2.07. The van der Waals surface area contributed by atoms with Gasteiger partial charge in [0.1, 0.15) is 16.9 Å². The molecule has 2 aromatic rings. The molecule has 1 amide bonds. The van der Waals surface area contributed by atoms with E-state index in [4.69, 9.17) is 5.26 Å². The highest BCUT2D eigenvalue weighted by atomic mass is 32.1. The van der Waals surface area contributed by atoms with Crippen molar-refractivity contribution in [1.29, 1.82) is 5.26 Å². The maximum atomic E-state index is 13.3. The summed E-state index contributed by atoms with van der Waals surface area (Å²) < 4.78 is 13.3. The van der Waals surface area contributed by atoms with Crippen LogP contribution in [0.5, 0.6) is 0 Å². The molecule has 1 N–H and O–H groups in total. The number of hydrogen-bond donors (Lipinski definition) is 1. The van der Waals surface area contributed by atoms with Crippen molar-refractivity contribution in [3.63, 3.8) is 0 Å². The van der Waals surface area contributed by atoms with E-state index in [1.54, 1.807) is 29.6 Å². The molecule has 0 radical (unpaired) electrons. The zero-order valence-corrected chi connectivity index (χ0v) is 10.6. The van der Waals surface area contributed by atoms with Gasteiger partial charge in [0.2, 0.25) is 5.91 Å². The van der Waals surface area contributed by atoms with Crippen LogP contribution in [0.1, 0.15) is 11.1 Å². The number of carbonyl (C=O) groups excluding carboxylic acids is 1. The van der Waals surface area contributed by atoms with Gasteiger partial charge in [-0.05, 0) is 23.6 Å². The van der Waals surface area contributed by atoms with Crippen molar-refractivity contribution in [1.82, 2.24) is 0 Å². The van der Waals surface area contributed by atoms with E-state index in [9.17, 15) is 9.18 Å². The molecule has 0 fully saturated rings. The molecule has 1 aromatic heterocycles. The second kappa shape index (κ2) is 5.94. The predicted octanol–water partition coefficient (Wildman–Crippen LogP) is 3.41. The Labute approximate surface area is 113 Å². The number of nitrogens with one attached hydrogen (secondary N) is 1. The molecule has 0 spiro atoms. The number of carbonyl (C=O) groups is 1. The van der Waals surface area contributed by atoms with E-state index in [1.165, 1.54) is 29.6 Å². The lowest BCUT2D eigenvalue weighted by Gasteiger charge is -1.99. The number of nitriles is 1. The van der Waals surface area contributed by atoms with E-state index in [0.717, 1.165) is 0 Å². The van der Waals surface area contributed by atoms with Crippen LogP contribution >= 0.6 is 11.3 Å². The first-order chi connectivity index (χ1) is 9.20. The summed E-state index contributed by atoms with van der Waals surface area (Å²) in [7, 11) is 0. The molecule has 0 aliphatic carbocycles. The predicted molar refractivity (Wildman–Crippen MR) is 73.1 cm³/mol. The Morgan fingerprint density at radius 2 is 2.16 bits per heavy atom. The van der Waals surface area contributed by atoms with E-state index in [-0.39, 0.29) is 5.82 Å². The maximum absolute atomic E-state index is 13.3. The Hall–Kier alpha value is -2.45. The average molecular weight is 272 g/mol. The van der Waals surface area contributed by atoms with Crippen LogP contribution in [0.25, 0.3) is 6.08 Å². The van der Waals surface area contributed by atoms with Crippen molar-refractivity contribution in [3.8, 4) is 6.07 Å². The van der Waals surface area contributed by atoms with Crippen molar-refractivity contribution >= 4 is 28.3 Å². The quantitative estimate of drug-likeness (QED) is 0.870. The minimum absolute atomic E-state index is 0.337. The molecule has 0 aliphatic rings. The fourth-order valence-corrected chi connectivity index (χ4v) is 2.16. The highest BCUT2D eigenvalue weighted by Gasteiger charge is 2.05. The second-order valence-corrected chi connectivity index (χ2v) is 4.54. The second-order valence-electron chi connectivity index (χ2n) is 3.62. The largest absolute Gasteiger partial charge is 0.313 e. The number of rotatable bonds is 3. The Bertz CT molecular complexity index is 670. The van der Waals surface area contributed by atoms with E-state index in [1.807, 2.05) is 6.07 Å². The minimum atomic E-state index is -0.401. The summed E-state index contributed by atoms with van der Waals surface area (Å²) in [5, 5.41) is 13.6. The number of anilines is 1. The molecule has 0 saturated heterocycles. The van der Waals surface area contributed by atoms with Gasteiger partial charge in [0.25, 0.3) is 0 Å². The maximum Gasteiger partial charge on any atom is 0.249 e. The van der Waals surface area contributed by atoms with Crippen molar-refractivity contribution in [2.75, 3.05) is 5.32 Å². The van der Waals surface area contributed by atoms with Crippen molar-refractivity contribution in [2.45, 2.75) is 0 Å². The van der Waals surface area contributed by atoms with E-state index < -0.39 is 5.91 Å². The van der Waals surface area contributed by atoms with Gasteiger partial charge in [0.05, 0.1) is 5.56 Å². The first-order valence-corrected chi connectivity index (χ1v) is 6.30. The molecule has 5 heteroatoms. The fraction of sp³-hybridized carbons (Fsp3) is 0. The first kappa shape index (κ1) is 13.0. The summed E-state index contributed by atoms with van der Waals surface area (Å²) in [5.41, 5.74) is 0.752. The summed E-state index contributed by atoms with van der Waals surface area (Å²) in [6.07, 6.45) is 2.63. The zero-order valence-electron chi connectivity index (χ0n) is 9.76. The molecule has 1 aromatic carbocycles. The van der Waals surface area contributed by atoms with Crippen molar-refractivity contribution in [3.05, 3.63) is 58.7 Å². The molecule has 0 saturated carbocycles. The van der Waals surface area contributed by atoms with E-state index >= 15 is 0 Å². The normalized spacial score (nSPS) is 10.3. The van der Waals surface area contributed by atoms with Crippen LogP contribution in [0.4, 0.5) is 9.39 Å². The number of amides is 1. The van der Waals surface area contributed by atoms with Crippen LogP contribution in [0.3, 0.4) is 0 Å². The summed E-state index contributed by atoms with van der Waals surface area (Å²) in [5.74, 6) is -0.789. The minimum Gasteiger partial charge on any atom is -0.313 e. The number of thiophene rings is 1. The molecule has 0 bridgehead atoms. The summed E-state index contributed by atoms with van der Waals surface area (Å²) in [6.45, 7) is 0. The summed E-state index contributed by atoms with van der Waals surface area (Å²) in [4.78, 5) is 11.6. The smallest absolute Gasteiger partial charge is 0.249 e. The lowest BCUT2D eigenvalue weighted by Crippen LogP contribution is -2.07. The lowest BCUT2D eigenvalue weighted by molar-refractivity contribution is -0.111. The topological polar surface area (TPSA) is 52.9 Å². The van der Waals surface area contributed by atoms with Gasteiger partial charge in [-0.2, -0.15) is 5.26 Å². The molecule has 0 unspecified atom stereocenters. The third kappa shape index (κ3) is 3.27.